The molecule has 0 unspecified atom stereocenters. The number of sulfonamides is 1. The van der Waals surface area contributed by atoms with Crippen LogP contribution in [0.25, 0.3) is 0 Å². The van der Waals surface area contributed by atoms with Crippen molar-refractivity contribution in [2.75, 3.05) is 13.7 Å². The summed E-state index contributed by atoms with van der Waals surface area (Å²) in [5.41, 5.74) is 4.82. The van der Waals surface area contributed by atoms with E-state index in [1.165, 1.54) is 13.2 Å². The van der Waals surface area contributed by atoms with Crippen molar-refractivity contribution in [3.8, 4) is 5.75 Å². The van der Waals surface area contributed by atoms with E-state index in [9.17, 15) is 8.42 Å². The Morgan fingerprint density at radius 1 is 1.44 bits per heavy atom. The third kappa shape index (κ3) is 3.68. The normalized spacial score (nSPS) is 12.5. The fraction of sp³-hybridized carbons (Fsp3) is 0.455. The Hall–Kier alpha value is -0.630. The van der Waals surface area contributed by atoms with Gasteiger partial charge in [-0.15, -0.1) is 0 Å². The molecule has 1 aromatic carbocycles. The van der Waals surface area contributed by atoms with Gasteiger partial charge in [0.15, 0.2) is 0 Å². The predicted octanol–water partition coefficient (Wildman–Crippen LogP) is 1.47. The summed E-state index contributed by atoms with van der Waals surface area (Å²) in [6.07, 6.45) is 0. The van der Waals surface area contributed by atoms with Gasteiger partial charge in [-0.1, -0.05) is 0 Å². The first-order valence-corrected chi connectivity index (χ1v) is 7.57. The maximum absolute atomic E-state index is 12.2. The molecule has 1 aromatic rings. The van der Waals surface area contributed by atoms with Crippen LogP contribution in [-0.2, 0) is 10.0 Å². The summed E-state index contributed by atoms with van der Waals surface area (Å²) in [7, 11) is -2.10. The van der Waals surface area contributed by atoms with Crippen LogP contribution >= 0.6 is 15.9 Å². The monoisotopic (exact) mass is 336 g/mol. The molecule has 0 saturated heterocycles. The van der Waals surface area contributed by atoms with Crippen molar-refractivity contribution in [2.45, 2.75) is 24.3 Å². The van der Waals surface area contributed by atoms with Crippen LogP contribution in [-0.4, -0.2) is 27.6 Å². The SMILES string of the molecule is COc1ccc(S(=O)(=O)NC(C)(C)CN)c(Br)c1. The van der Waals surface area contributed by atoms with E-state index in [1.807, 2.05) is 0 Å². The molecule has 5 nitrogen and oxygen atoms in total. The van der Waals surface area contributed by atoms with Crippen molar-refractivity contribution in [3.05, 3.63) is 22.7 Å². The van der Waals surface area contributed by atoms with E-state index >= 15 is 0 Å². The molecule has 0 radical (unpaired) electrons. The lowest BCUT2D eigenvalue weighted by atomic mass is 10.1. The third-order valence-corrected chi connectivity index (χ3v) is 5.02. The van der Waals surface area contributed by atoms with Crippen LogP contribution in [0.5, 0.6) is 5.75 Å². The van der Waals surface area contributed by atoms with Gasteiger partial charge in [0, 0.05) is 16.6 Å². The van der Waals surface area contributed by atoms with Gasteiger partial charge in [0.05, 0.1) is 12.0 Å². The number of ether oxygens (including phenoxy) is 1. The van der Waals surface area contributed by atoms with Crippen molar-refractivity contribution < 1.29 is 13.2 Å². The predicted molar refractivity (Wildman–Crippen MR) is 74.1 cm³/mol. The smallest absolute Gasteiger partial charge is 0.242 e. The third-order valence-electron chi connectivity index (χ3n) is 2.35. The second-order valence-electron chi connectivity index (χ2n) is 4.49. The second-order valence-corrected chi connectivity index (χ2v) is 7.00. The second kappa shape index (κ2) is 5.56. The summed E-state index contributed by atoms with van der Waals surface area (Å²) in [6, 6.07) is 4.68. The topological polar surface area (TPSA) is 81.4 Å². The van der Waals surface area contributed by atoms with E-state index in [1.54, 1.807) is 26.0 Å². The van der Waals surface area contributed by atoms with Crippen LogP contribution in [0.4, 0.5) is 0 Å². The maximum atomic E-state index is 12.2. The molecule has 0 bridgehead atoms. The molecule has 7 heteroatoms. The Balaban J connectivity index is 3.14. The summed E-state index contributed by atoms with van der Waals surface area (Å²) in [5.74, 6) is 0.582. The van der Waals surface area contributed by atoms with E-state index in [0.717, 1.165) is 0 Å². The van der Waals surface area contributed by atoms with Crippen molar-refractivity contribution in [3.63, 3.8) is 0 Å². The van der Waals surface area contributed by atoms with E-state index in [-0.39, 0.29) is 11.4 Å². The molecule has 0 aliphatic heterocycles. The van der Waals surface area contributed by atoms with Crippen molar-refractivity contribution in [1.82, 2.24) is 4.72 Å². The Kier molecular flexibility index (Phi) is 4.77. The highest BCUT2D eigenvalue weighted by atomic mass is 79.9. The first-order valence-electron chi connectivity index (χ1n) is 5.29. The Morgan fingerprint density at radius 2 is 2.06 bits per heavy atom. The largest absolute Gasteiger partial charge is 0.497 e. The molecule has 18 heavy (non-hydrogen) atoms. The van der Waals surface area contributed by atoms with Crippen LogP contribution in [0.15, 0.2) is 27.6 Å². The average molecular weight is 337 g/mol. The number of rotatable bonds is 5. The summed E-state index contributed by atoms with van der Waals surface area (Å²) in [5, 5.41) is 0. The van der Waals surface area contributed by atoms with E-state index in [0.29, 0.717) is 10.2 Å². The summed E-state index contributed by atoms with van der Waals surface area (Å²) >= 11 is 3.22. The molecule has 0 amide bonds. The lowest BCUT2D eigenvalue weighted by Crippen LogP contribution is -2.48. The average Bonchev–Trinajstić information content (AvgIpc) is 2.27. The molecule has 0 atom stereocenters. The lowest BCUT2D eigenvalue weighted by molar-refractivity contribution is 0.414. The number of methoxy groups -OCH3 is 1. The molecule has 0 aliphatic carbocycles. The van der Waals surface area contributed by atoms with Crippen LogP contribution in [0.1, 0.15) is 13.8 Å². The van der Waals surface area contributed by atoms with Gasteiger partial charge < -0.3 is 10.5 Å². The van der Waals surface area contributed by atoms with Crippen LogP contribution in [0.3, 0.4) is 0 Å². The highest BCUT2D eigenvalue weighted by Crippen LogP contribution is 2.27. The minimum absolute atomic E-state index is 0.157. The number of nitrogens with two attached hydrogens (primary N) is 1. The number of hydrogen-bond acceptors (Lipinski definition) is 4. The zero-order chi connectivity index (χ0) is 14.0. The Bertz CT molecular complexity index is 529. The van der Waals surface area contributed by atoms with Gasteiger partial charge in [-0.05, 0) is 48.0 Å². The molecular formula is C11H17BrN2O3S. The molecule has 0 aliphatic rings. The van der Waals surface area contributed by atoms with Crippen molar-refractivity contribution >= 4 is 26.0 Å². The molecule has 0 spiro atoms. The fourth-order valence-corrected chi connectivity index (χ4v) is 3.77. The van der Waals surface area contributed by atoms with E-state index < -0.39 is 15.6 Å². The van der Waals surface area contributed by atoms with Gasteiger partial charge in [0.2, 0.25) is 10.0 Å². The van der Waals surface area contributed by atoms with Gasteiger partial charge in [0.1, 0.15) is 5.75 Å². The van der Waals surface area contributed by atoms with E-state index in [4.69, 9.17) is 10.5 Å². The maximum Gasteiger partial charge on any atom is 0.242 e. The highest BCUT2D eigenvalue weighted by Gasteiger charge is 2.26. The molecule has 3 N–H and O–H groups in total. The lowest BCUT2D eigenvalue weighted by Gasteiger charge is -2.24. The van der Waals surface area contributed by atoms with Crippen molar-refractivity contribution in [1.29, 1.82) is 0 Å². The number of benzene rings is 1. The number of hydrogen-bond donors (Lipinski definition) is 2. The molecule has 0 saturated carbocycles. The van der Waals surface area contributed by atoms with Crippen LogP contribution < -0.4 is 15.2 Å². The fourth-order valence-electron chi connectivity index (χ4n) is 1.29. The number of halogens is 1. The minimum Gasteiger partial charge on any atom is -0.497 e. The first kappa shape index (κ1) is 15.4. The summed E-state index contributed by atoms with van der Waals surface area (Å²) < 4.78 is 32.4. The van der Waals surface area contributed by atoms with Crippen LogP contribution in [0.2, 0.25) is 0 Å². The van der Waals surface area contributed by atoms with Gasteiger partial charge in [-0.25, -0.2) is 13.1 Å². The van der Waals surface area contributed by atoms with Crippen molar-refractivity contribution in [2.24, 2.45) is 5.73 Å². The van der Waals surface area contributed by atoms with Crippen LogP contribution in [0, 0.1) is 0 Å². The van der Waals surface area contributed by atoms with Gasteiger partial charge in [-0.2, -0.15) is 0 Å². The minimum atomic E-state index is -3.62. The Morgan fingerprint density at radius 3 is 2.50 bits per heavy atom. The zero-order valence-electron chi connectivity index (χ0n) is 10.5. The van der Waals surface area contributed by atoms with Gasteiger partial charge in [0.25, 0.3) is 0 Å². The quantitative estimate of drug-likeness (QED) is 0.853. The molecule has 0 fully saturated rings. The molecule has 1 rings (SSSR count). The highest BCUT2D eigenvalue weighted by molar-refractivity contribution is 9.10. The van der Waals surface area contributed by atoms with Gasteiger partial charge >= 0.3 is 0 Å². The molecule has 0 aromatic heterocycles. The Labute approximate surface area is 116 Å². The zero-order valence-corrected chi connectivity index (χ0v) is 12.9. The standard InChI is InChI=1S/C11H17BrN2O3S/c1-11(2,7-13)14-18(15,16)10-5-4-8(17-3)6-9(10)12/h4-6,14H,7,13H2,1-3H3. The first-order chi connectivity index (χ1) is 8.22. The summed E-state index contributed by atoms with van der Waals surface area (Å²) in [6.45, 7) is 3.66. The molecular weight excluding hydrogens is 320 g/mol. The molecule has 102 valence electrons. The van der Waals surface area contributed by atoms with E-state index in [2.05, 4.69) is 20.7 Å². The van der Waals surface area contributed by atoms with Gasteiger partial charge in [-0.3, -0.25) is 0 Å². The number of nitrogens with one attached hydrogen (secondary N) is 1. The summed E-state index contributed by atoms with van der Waals surface area (Å²) in [4.78, 5) is 0.157. The molecule has 0 heterocycles.